The van der Waals surface area contributed by atoms with Gasteiger partial charge in [-0.1, -0.05) is 6.92 Å². The highest BCUT2D eigenvalue weighted by molar-refractivity contribution is 5.76. The zero-order valence-corrected chi connectivity index (χ0v) is 11.4. The molecule has 1 atom stereocenters. The van der Waals surface area contributed by atoms with Crippen LogP contribution in [0.25, 0.3) is 0 Å². The summed E-state index contributed by atoms with van der Waals surface area (Å²) in [7, 11) is 0. The molecule has 0 aliphatic rings. The summed E-state index contributed by atoms with van der Waals surface area (Å²) >= 11 is 0. The molecule has 106 valence electrons. The van der Waals surface area contributed by atoms with E-state index in [1.165, 1.54) is 12.1 Å². The molecular formula is C14H21FN2O2. The minimum atomic E-state index is -0.303. The summed E-state index contributed by atoms with van der Waals surface area (Å²) in [5.41, 5.74) is 0. The third-order valence-corrected chi connectivity index (χ3v) is 2.57. The van der Waals surface area contributed by atoms with E-state index in [1.54, 1.807) is 12.1 Å². The maximum atomic E-state index is 12.7. The molecule has 0 fully saturated rings. The highest BCUT2D eigenvalue weighted by Gasteiger charge is 2.04. The van der Waals surface area contributed by atoms with Crippen LogP contribution in [0.1, 0.15) is 20.3 Å². The molecule has 1 aromatic carbocycles. The number of halogens is 1. The summed E-state index contributed by atoms with van der Waals surface area (Å²) < 4.78 is 18.0. The monoisotopic (exact) mass is 268 g/mol. The van der Waals surface area contributed by atoms with E-state index in [1.807, 2.05) is 13.8 Å². The molecule has 2 N–H and O–H groups in total. The van der Waals surface area contributed by atoms with Gasteiger partial charge in [-0.3, -0.25) is 4.79 Å². The molecule has 0 aliphatic carbocycles. The molecule has 5 heteroatoms. The van der Waals surface area contributed by atoms with Gasteiger partial charge in [0, 0.05) is 12.6 Å². The minimum Gasteiger partial charge on any atom is -0.493 e. The predicted octanol–water partition coefficient (Wildman–Crippen LogP) is 1.71. The van der Waals surface area contributed by atoms with Gasteiger partial charge >= 0.3 is 0 Å². The number of carbonyl (C=O) groups excluding carboxylic acids is 1. The second-order valence-corrected chi connectivity index (χ2v) is 4.32. The number of amides is 1. The lowest BCUT2D eigenvalue weighted by Crippen LogP contribution is -2.39. The van der Waals surface area contributed by atoms with Crippen LogP contribution in [0.3, 0.4) is 0 Å². The Morgan fingerprint density at radius 2 is 2.05 bits per heavy atom. The lowest BCUT2D eigenvalue weighted by Gasteiger charge is -2.13. The molecule has 1 rings (SSSR count). The van der Waals surface area contributed by atoms with Crippen molar-refractivity contribution in [1.29, 1.82) is 0 Å². The maximum absolute atomic E-state index is 12.7. The fourth-order valence-electron chi connectivity index (χ4n) is 1.57. The van der Waals surface area contributed by atoms with Crippen molar-refractivity contribution in [1.82, 2.24) is 10.6 Å². The minimum absolute atomic E-state index is 0.0492. The summed E-state index contributed by atoms with van der Waals surface area (Å²) in [4.78, 5) is 11.5. The molecule has 0 spiro atoms. The molecule has 0 radical (unpaired) electrons. The van der Waals surface area contributed by atoms with Gasteiger partial charge in [0.05, 0.1) is 13.0 Å². The van der Waals surface area contributed by atoms with Crippen LogP contribution in [0.5, 0.6) is 5.75 Å². The second-order valence-electron chi connectivity index (χ2n) is 4.32. The van der Waals surface area contributed by atoms with Gasteiger partial charge in [-0.15, -0.1) is 0 Å². The second kappa shape index (κ2) is 8.48. The van der Waals surface area contributed by atoms with Crippen molar-refractivity contribution in [2.45, 2.75) is 26.3 Å². The molecule has 1 aromatic rings. The zero-order valence-electron chi connectivity index (χ0n) is 11.4. The van der Waals surface area contributed by atoms with Gasteiger partial charge in [0.2, 0.25) is 5.91 Å². The van der Waals surface area contributed by atoms with Crippen molar-refractivity contribution in [2.75, 3.05) is 19.7 Å². The molecular weight excluding hydrogens is 247 g/mol. The van der Waals surface area contributed by atoms with E-state index in [2.05, 4.69) is 10.6 Å². The third-order valence-electron chi connectivity index (χ3n) is 2.57. The highest BCUT2D eigenvalue weighted by Crippen LogP contribution is 2.10. The largest absolute Gasteiger partial charge is 0.493 e. The Hall–Kier alpha value is -1.62. The van der Waals surface area contributed by atoms with Crippen LogP contribution in [-0.2, 0) is 4.79 Å². The van der Waals surface area contributed by atoms with Gasteiger partial charge in [0.15, 0.2) is 0 Å². The fraction of sp³-hybridized carbons (Fsp3) is 0.500. The van der Waals surface area contributed by atoms with Crippen LogP contribution in [0.2, 0.25) is 0 Å². The van der Waals surface area contributed by atoms with E-state index >= 15 is 0 Å². The Morgan fingerprint density at radius 1 is 1.37 bits per heavy atom. The normalized spacial score (nSPS) is 11.9. The van der Waals surface area contributed by atoms with Crippen LogP contribution in [0.15, 0.2) is 24.3 Å². The van der Waals surface area contributed by atoms with Gasteiger partial charge < -0.3 is 15.4 Å². The number of likely N-dealkylation sites (N-methyl/N-ethyl adjacent to an activating group) is 1. The molecule has 0 heterocycles. The Morgan fingerprint density at radius 3 is 2.68 bits per heavy atom. The van der Waals surface area contributed by atoms with Crippen LogP contribution in [0, 0.1) is 5.82 Å². The highest BCUT2D eigenvalue weighted by atomic mass is 19.1. The van der Waals surface area contributed by atoms with Crippen LogP contribution < -0.4 is 15.4 Å². The van der Waals surface area contributed by atoms with E-state index < -0.39 is 0 Å². The van der Waals surface area contributed by atoms with Crippen molar-refractivity contribution in [3.05, 3.63) is 30.1 Å². The number of ether oxygens (including phenoxy) is 1. The zero-order chi connectivity index (χ0) is 14.1. The standard InChI is InChI=1S/C14H21FN2O2/c1-3-16-11(2)10-17-14(18)8-9-19-13-6-4-12(15)5-7-13/h4-7,11,16H,3,8-10H2,1-2H3,(H,17,18)/t11-/m1/s1. The van der Waals surface area contributed by atoms with Crippen molar-refractivity contribution in [3.8, 4) is 5.75 Å². The lowest BCUT2D eigenvalue weighted by molar-refractivity contribution is -0.121. The van der Waals surface area contributed by atoms with Gasteiger partial charge in [-0.2, -0.15) is 0 Å². The van der Waals surface area contributed by atoms with Gasteiger partial charge in [-0.05, 0) is 37.7 Å². The van der Waals surface area contributed by atoms with Crippen LogP contribution in [-0.4, -0.2) is 31.6 Å². The molecule has 1 amide bonds. The summed E-state index contributed by atoms with van der Waals surface area (Å²) in [6.07, 6.45) is 0.288. The quantitative estimate of drug-likeness (QED) is 0.754. The van der Waals surface area contributed by atoms with Crippen LogP contribution >= 0.6 is 0 Å². The first kappa shape index (κ1) is 15.4. The summed E-state index contributed by atoms with van der Waals surface area (Å²) in [6.45, 7) is 5.80. The maximum Gasteiger partial charge on any atom is 0.223 e. The first-order valence-corrected chi connectivity index (χ1v) is 6.50. The third kappa shape index (κ3) is 6.76. The fourth-order valence-corrected chi connectivity index (χ4v) is 1.57. The van der Waals surface area contributed by atoms with Gasteiger partial charge in [0.25, 0.3) is 0 Å². The SMILES string of the molecule is CCN[C@H](C)CNC(=O)CCOc1ccc(F)cc1. The van der Waals surface area contributed by atoms with Crippen molar-refractivity contribution in [2.24, 2.45) is 0 Å². The first-order chi connectivity index (χ1) is 9.11. The van der Waals surface area contributed by atoms with Crippen molar-refractivity contribution >= 4 is 5.91 Å². The number of hydrogen-bond donors (Lipinski definition) is 2. The lowest BCUT2D eigenvalue weighted by atomic mass is 10.3. The number of benzene rings is 1. The van der Waals surface area contributed by atoms with Gasteiger partial charge in [0.1, 0.15) is 11.6 Å². The summed E-state index contributed by atoms with van der Waals surface area (Å²) in [6, 6.07) is 5.99. The van der Waals surface area contributed by atoms with E-state index in [4.69, 9.17) is 4.74 Å². The Labute approximate surface area is 113 Å². The Kier molecular flexibility index (Phi) is 6.89. The smallest absolute Gasteiger partial charge is 0.223 e. The first-order valence-electron chi connectivity index (χ1n) is 6.50. The Balaban J connectivity index is 2.15. The molecule has 4 nitrogen and oxygen atoms in total. The average molecular weight is 268 g/mol. The molecule has 19 heavy (non-hydrogen) atoms. The topological polar surface area (TPSA) is 50.4 Å². The van der Waals surface area contributed by atoms with E-state index in [-0.39, 0.29) is 30.8 Å². The average Bonchev–Trinajstić information content (AvgIpc) is 2.39. The summed E-state index contributed by atoms with van der Waals surface area (Å²) in [5, 5.41) is 6.03. The number of nitrogens with one attached hydrogen (secondary N) is 2. The molecule has 0 bridgehead atoms. The van der Waals surface area contributed by atoms with E-state index in [0.29, 0.717) is 12.3 Å². The van der Waals surface area contributed by atoms with E-state index in [0.717, 1.165) is 6.54 Å². The summed E-state index contributed by atoms with van der Waals surface area (Å²) in [5.74, 6) is 0.213. The molecule has 0 saturated heterocycles. The predicted molar refractivity (Wildman–Crippen MR) is 72.7 cm³/mol. The molecule has 0 unspecified atom stereocenters. The van der Waals surface area contributed by atoms with Crippen LogP contribution in [0.4, 0.5) is 4.39 Å². The van der Waals surface area contributed by atoms with Gasteiger partial charge in [-0.25, -0.2) is 4.39 Å². The molecule has 0 saturated carbocycles. The van der Waals surface area contributed by atoms with Crippen molar-refractivity contribution in [3.63, 3.8) is 0 Å². The number of rotatable bonds is 8. The molecule has 0 aliphatic heterocycles. The number of hydrogen-bond acceptors (Lipinski definition) is 3. The number of carbonyl (C=O) groups is 1. The Bertz CT molecular complexity index is 382. The molecule has 0 aromatic heterocycles. The van der Waals surface area contributed by atoms with E-state index in [9.17, 15) is 9.18 Å². The van der Waals surface area contributed by atoms with Crippen molar-refractivity contribution < 1.29 is 13.9 Å².